The van der Waals surface area contributed by atoms with Crippen molar-refractivity contribution in [3.05, 3.63) is 26.8 Å². The van der Waals surface area contributed by atoms with E-state index in [1.807, 2.05) is 0 Å². The standard InChI is InChI=1S/C10H11ClINO3S/c11-6-1-2-8(7(12)3-6)13-9-4-17(15,16)5-10(9)14/h1-3,9-10,13-14H,4-5H2. The molecular weight excluding hydrogens is 377 g/mol. The van der Waals surface area contributed by atoms with Crippen LogP contribution >= 0.6 is 34.2 Å². The van der Waals surface area contributed by atoms with Crippen LogP contribution in [0.15, 0.2) is 18.2 Å². The SMILES string of the molecule is O=S1(=O)CC(O)C(Nc2ccc(Cl)cc2I)C1. The fraction of sp³-hybridized carbons (Fsp3) is 0.400. The predicted molar refractivity (Wildman–Crippen MR) is 76.2 cm³/mol. The maximum atomic E-state index is 11.4. The van der Waals surface area contributed by atoms with Crippen molar-refractivity contribution in [2.24, 2.45) is 0 Å². The smallest absolute Gasteiger partial charge is 0.155 e. The Morgan fingerprint density at radius 2 is 2.12 bits per heavy atom. The third kappa shape index (κ3) is 3.24. The Morgan fingerprint density at radius 3 is 2.65 bits per heavy atom. The van der Waals surface area contributed by atoms with Crippen LogP contribution in [0.1, 0.15) is 0 Å². The molecule has 1 saturated heterocycles. The fourth-order valence-corrected chi connectivity index (χ4v) is 4.54. The molecule has 0 radical (unpaired) electrons. The van der Waals surface area contributed by atoms with Crippen molar-refractivity contribution >= 4 is 49.7 Å². The molecule has 0 spiro atoms. The Morgan fingerprint density at radius 1 is 1.41 bits per heavy atom. The molecule has 0 saturated carbocycles. The highest BCUT2D eigenvalue weighted by molar-refractivity contribution is 14.1. The van der Waals surface area contributed by atoms with Gasteiger partial charge in [-0.05, 0) is 40.8 Å². The average Bonchev–Trinajstić information content (AvgIpc) is 2.44. The zero-order valence-corrected chi connectivity index (χ0v) is 12.5. The Balaban J connectivity index is 2.17. The number of sulfone groups is 1. The van der Waals surface area contributed by atoms with Crippen LogP contribution in [-0.4, -0.2) is 37.2 Å². The van der Waals surface area contributed by atoms with Crippen LogP contribution in [0.4, 0.5) is 5.69 Å². The Bertz CT molecular complexity index is 534. The monoisotopic (exact) mass is 387 g/mol. The van der Waals surface area contributed by atoms with Crippen LogP contribution in [0.5, 0.6) is 0 Å². The van der Waals surface area contributed by atoms with Crippen LogP contribution in [0.25, 0.3) is 0 Å². The van der Waals surface area contributed by atoms with Crippen molar-refractivity contribution in [2.75, 3.05) is 16.8 Å². The van der Waals surface area contributed by atoms with Gasteiger partial charge in [0.05, 0.1) is 23.7 Å². The molecule has 0 amide bonds. The second-order valence-electron chi connectivity index (χ2n) is 4.02. The van der Waals surface area contributed by atoms with E-state index in [1.54, 1.807) is 18.2 Å². The van der Waals surface area contributed by atoms with Crippen LogP contribution in [0.2, 0.25) is 5.02 Å². The van der Waals surface area contributed by atoms with Crippen LogP contribution < -0.4 is 5.32 Å². The average molecular weight is 388 g/mol. The van der Waals surface area contributed by atoms with Crippen molar-refractivity contribution in [1.29, 1.82) is 0 Å². The van der Waals surface area contributed by atoms with Crippen molar-refractivity contribution in [2.45, 2.75) is 12.1 Å². The maximum Gasteiger partial charge on any atom is 0.155 e. The highest BCUT2D eigenvalue weighted by Crippen LogP contribution is 2.25. The van der Waals surface area contributed by atoms with Crippen LogP contribution in [0.3, 0.4) is 0 Å². The molecule has 0 bridgehead atoms. The quantitative estimate of drug-likeness (QED) is 0.755. The van der Waals surface area contributed by atoms with Crippen molar-refractivity contribution < 1.29 is 13.5 Å². The first-order chi connectivity index (χ1) is 7.87. The van der Waals surface area contributed by atoms with E-state index < -0.39 is 22.0 Å². The van der Waals surface area contributed by atoms with Gasteiger partial charge in [-0.2, -0.15) is 0 Å². The number of benzene rings is 1. The van der Waals surface area contributed by atoms with E-state index in [2.05, 4.69) is 27.9 Å². The maximum absolute atomic E-state index is 11.4. The number of aliphatic hydroxyl groups excluding tert-OH is 1. The second-order valence-corrected chi connectivity index (χ2v) is 7.77. The van der Waals surface area contributed by atoms with Gasteiger partial charge >= 0.3 is 0 Å². The van der Waals surface area contributed by atoms with Gasteiger partial charge in [-0.15, -0.1) is 0 Å². The van der Waals surface area contributed by atoms with Gasteiger partial charge in [0, 0.05) is 14.3 Å². The molecule has 1 aliphatic rings. The molecular formula is C10H11ClINO3S. The summed E-state index contributed by atoms with van der Waals surface area (Å²) in [5, 5.41) is 13.3. The zero-order valence-electron chi connectivity index (χ0n) is 8.73. The summed E-state index contributed by atoms with van der Waals surface area (Å²) < 4.78 is 23.6. The molecule has 2 N–H and O–H groups in total. The fourth-order valence-electron chi connectivity index (χ4n) is 1.77. The summed E-state index contributed by atoms with van der Waals surface area (Å²) in [6.45, 7) is 0. The first-order valence-corrected chi connectivity index (χ1v) is 8.25. The number of rotatable bonds is 2. The van der Waals surface area contributed by atoms with E-state index in [0.717, 1.165) is 9.26 Å². The van der Waals surface area contributed by atoms with Gasteiger partial charge in [0.15, 0.2) is 9.84 Å². The van der Waals surface area contributed by atoms with Gasteiger partial charge in [0.1, 0.15) is 0 Å². The third-order valence-electron chi connectivity index (χ3n) is 2.59. The molecule has 2 rings (SSSR count). The molecule has 0 aliphatic carbocycles. The molecule has 0 aromatic heterocycles. The number of hydrogen-bond acceptors (Lipinski definition) is 4. The summed E-state index contributed by atoms with van der Waals surface area (Å²) in [6, 6.07) is 4.83. The van der Waals surface area contributed by atoms with E-state index in [9.17, 15) is 13.5 Å². The lowest BCUT2D eigenvalue weighted by Gasteiger charge is -2.17. The Hall–Kier alpha value is -0.0500. The minimum atomic E-state index is -3.13. The van der Waals surface area contributed by atoms with E-state index in [-0.39, 0.29) is 11.5 Å². The second kappa shape index (κ2) is 4.91. The van der Waals surface area contributed by atoms with Gasteiger partial charge in [0.25, 0.3) is 0 Å². The minimum absolute atomic E-state index is 0.0348. The number of hydrogen-bond donors (Lipinski definition) is 2. The summed E-state index contributed by atoms with van der Waals surface area (Å²) in [7, 11) is -3.13. The molecule has 1 aromatic carbocycles. The van der Waals surface area contributed by atoms with E-state index in [1.165, 1.54) is 0 Å². The number of halogens is 2. The lowest BCUT2D eigenvalue weighted by Crippen LogP contribution is -2.32. The minimum Gasteiger partial charge on any atom is -0.390 e. The van der Waals surface area contributed by atoms with Crippen LogP contribution in [-0.2, 0) is 9.84 Å². The highest BCUT2D eigenvalue weighted by atomic mass is 127. The molecule has 1 aliphatic heterocycles. The summed E-state index contributed by atoms with van der Waals surface area (Å²) in [4.78, 5) is 0. The molecule has 1 fully saturated rings. The molecule has 7 heteroatoms. The summed E-state index contributed by atoms with van der Waals surface area (Å²) in [5.74, 6) is -0.207. The molecule has 1 heterocycles. The first kappa shape index (κ1) is 13.4. The number of aliphatic hydroxyl groups is 1. The van der Waals surface area contributed by atoms with Crippen LogP contribution in [0, 0.1) is 3.57 Å². The van der Waals surface area contributed by atoms with Crippen molar-refractivity contribution in [1.82, 2.24) is 0 Å². The molecule has 2 atom stereocenters. The number of anilines is 1. The van der Waals surface area contributed by atoms with E-state index in [0.29, 0.717) is 5.02 Å². The van der Waals surface area contributed by atoms with Gasteiger partial charge in [-0.3, -0.25) is 0 Å². The van der Waals surface area contributed by atoms with Gasteiger partial charge < -0.3 is 10.4 Å². The summed E-state index contributed by atoms with van der Waals surface area (Å²) in [5.41, 5.74) is 0.788. The molecule has 4 nitrogen and oxygen atoms in total. The lowest BCUT2D eigenvalue weighted by molar-refractivity contribution is 0.190. The first-order valence-electron chi connectivity index (χ1n) is 4.97. The Kier molecular flexibility index (Phi) is 3.86. The van der Waals surface area contributed by atoms with Gasteiger partial charge in [-0.25, -0.2) is 8.42 Å². The van der Waals surface area contributed by atoms with E-state index in [4.69, 9.17) is 11.6 Å². The van der Waals surface area contributed by atoms with Gasteiger partial charge in [-0.1, -0.05) is 11.6 Å². The molecule has 17 heavy (non-hydrogen) atoms. The Labute approximate surface area is 118 Å². The number of nitrogens with one attached hydrogen (secondary N) is 1. The van der Waals surface area contributed by atoms with E-state index >= 15 is 0 Å². The molecule has 94 valence electrons. The summed E-state index contributed by atoms with van der Waals surface area (Å²) in [6.07, 6.45) is -0.855. The predicted octanol–water partition coefficient (Wildman–Crippen LogP) is 1.51. The van der Waals surface area contributed by atoms with Crippen molar-refractivity contribution in [3.63, 3.8) is 0 Å². The normalized spacial score (nSPS) is 27.0. The van der Waals surface area contributed by atoms with Gasteiger partial charge in [0.2, 0.25) is 0 Å². The topological polar surface area (TPSA) is 66.4 Å². The largest absolute Gasteiger partial charge is 0.390 e. The molecule has 1 aromatic rings. The summed E-state index contributed by atoms with van der Waals surface area (Å²) >= 11 is 7.94. The zero-order chi connectivity index (χ0) is 12.6. The molecule has 2 unspecified atom stereocenters. The third-order valence-corrected chi connectivity index (χ3v) is 5.44. The highest BCUT2D eigenvalue weighted by Gasteiger charge is 2.36. The lowest BCUT2D eigenvalue weighted by atomic mass is 10.2. The van der Waals surface area contributed by atoms with Crippen molar-refractivity contribution in [3.8, 4) is 0 Å².